The number of rotatable bonds is 3. The molecule has 1 N–H and O–H groups in total. The first-order valence-electron chi connectivity index (χ1n) is 3.71. The zero-order valence-corrected chi connectivity index (χ0v) is 9.17. The smallest absolute Gasteiger partial charge is 0.326 e. The van der Waals surface area contributed by atoms with Crippen molar-refractivity contribution in [2.45, 2.75) is 13.0 Å². The normalized spacial score (nSPS) is 12.2. The first-order chi connectivity index (χ1) is 6.13. The molecule has 1 atom stereocenters. The summed E-state index contributed by atoms with van der Waals surface area (Å²) >= 11 is 1.97. The van der Waals surface area contributed by atoms with Gasteiger partial charge in [-0.1, -0.05) is 0 Å². The van der Waals surface area contributed by atoms with Gasteiger partial charge in [0.15, 0.2) is 0 Å². The molecule has 0 aromatic carbocycles. The molecule has 5 heteroatoms. The molecule has 0 aliphatic rings. The number of anilines is 1. The Morgan fingerprint density at radius 3 is 2.62 bits per heavy atom. The van der Waals surface area contributed by atoms with Gasteiger partial charge in [-0.25, -0.2) is 4.79 Å². The lowest BCUT2D eigenvalue weighted by atomic mass is 10.3. The Kier molecular flexibility index (Phi) is 3.47. The second-order valence-corrected chi connectivity index (χ2v) is 3.57. The highest BCUT2D eigenvalue weighted by atomic mass is 127. The van der Waals surface area contributed by atoms with Gasteiger partial charge in [-0.3, -0.25) is 4.98 Å². The van der Waals surface area contributed by atoms with Crippen molar-refractivity contribution in [3.05, 3.63) is 24.5 Å². The Hall–Kier alpha value is -0.850. The van der Waals surface area contributed by atoms with Crippen LogP contribution < -0.4 is 3.11 Å². The molecule has 0 aliphatic carbocycles. The number of aromatic nitrogens is 1. The molecular formula is C8H9IN2O2. The fraction of sp³-hybridized carbons (Fsp3) is 0.250. The molecule has 1 heterocycles. The molecule has 70 valence electrons. The van der Waals surface area contributed by atoms with Gasteiger partial charge in [-0.05, 0) is 19.1 Å². The van der Waals surface area contributed by atoms with Gasteiger partial charge < -0.3 is 8.22 Å². The average molecular weight is 292 g/mol. The Morgan fingerprint density at radius 1 is 1.62 bits per heavy atom. The van der Waals surface area contributed by atoms with Crippen molar-refractivity contribution in [2.75, 3.05) is 3.11 Å². The number of nitrogens with zero attached hydrogens (tertiary/aromatic N) is 2. The number of carbonyl (C=O) groups is 1. The van der Waals surface area contributed by atoms with Crippen LogP contribution in [0.1, 0.15) is 6.92 Å². The van der Waals surface area contributed by atoms with E-state index in [-0.39, 0.29) is 0 Å². The summed E-state index contributed by atoms with van der Waals surface area (Å²) < 4.78 is 1.65. The fourth-order valence-electron chi connectivity index (χ4n) is 0.807. The lowest BCUT2D eigenvalue weighted by molar-refractivity contribution is -0.137. The summed E-state index contributed by atoms with van der Waals surface area (Å²) in [5, 5.41) is 8.75. The summed E-state index contributed by atoms with van der Waals surface area (Å²) in [5.41, 5.74) is 0.838. The van der Waals surface area contributed by atoms with Crippen molar-refractivity contribution in [3.8, 4) is 0 Å². The van der Waals surface area contributed by atoms with Crippen LogP contribution in [0.5, 0.6) is 0 Å². The van der Waals surface area contributed by atoms with E-state index in [4.69, 9.17) is 5.11 Å². The van der Waals surface area contributed by atoms with Crippen LogP contribution in [0, 0.1) is 0 Å². The zero-order valence-electron chi connectivity index (χ0n) is 7.01. The number of pyridine rings is 1. The summed E-state index contributed by atoms with van der Waals surface area (Å²) in [7, 11) is 0. The van der Waals surface area contributed by atoms with Crippen molar-refractivity contribution in [1.29, 1.82) is 0 Å². The van der Waals surface area contributed by atoms with Crippen LogP contribution in [0.4, 0.5) is 5.69 Å². The van der Waals surface area contributed by atoms with Gasteiger partial charge in [0.1, 0.15) is 6.04 Å². The van der Waals surface area contributed by atoms with Crippen molar-refractivity contribution >= 4 is 34.5 Å². The van der Waals surface area contributed by atoms with Gasteiger partial charge in [-0.2, -0.15) is 0 Å². The minimum atomic E-state index is -0.841. The van der Waals surface area contributed by atoms with Crippen molar-refractivity contribution in [1.82, 2.24) is 4.98 Å². The maximum absolute atomic E-state index is 10.7. The van der Waals surface area contributed by atoms with Crippen molar-refractivity contribution in [3.63, 3.8) is 0 Å². The number of carboxylic acids is 1. The summed E-state index contributed by atoms with van der Waals surface area (Å²) in [5.74, 6) is -0.841. The Balaban J connectivity index is 2.79. The van der Waals surface area contributed by atoms with E-state index in [9.17, 15) is 4.79 Å². The molecule has 0 saturated carbocycles. The molecule has 1 unspecified atom stereocenters. The second kappa shape index (κ2) is 4.40. The third kappa shape index (κ3) is 2.55. The van der Waals surface area contributed by atoms with Crippen LogP contribution in [0.2, 0.25) is 0 Å². The predicted octanol–water partition coefficient (Wildman–Crippen LogP) is 1.71. The third-order valence-electron chi connectivity index (χ3n) is 1.61. The van der Waals surface area contributed by atoms with Gasteiger partial charge in [0.05, 0.1) is 22.9 Å². The highest BCUT2D eigenvalue weighted by Gasteiger charge is 2.18. The quantitative estimate of drug-likeness (QED) is 0.680. The first kappa shape index (κ1) is 10.2. The fourth-order valence-corrected chi connectivity index (χ4v) is 1.37. The lowest BCUT2D eigenvalue weighted by Gasteiger charge is -2.20. The Morgan fingerprint density at radius 2 is 2.15 bits per heavy atom. The largest absolute Gasteiger partial charge is 0.480 e. The van der Waals surface area contributed by atoms with Crippen LogP contribution in [0.15, 0.2) is 24.5 Å². The van der Waals surface area contributed by atoms with Gasteiger partial charge in [0, 0.05) is 18.1 Å². The van der Waals surface area contributed by atoms with Gasteiger partial charge in [-0.15, -0.1) is 0 Å². The molecule has 0 radical (unpaired) electrons. The molecule has 0 saturated heterocycles. The molecular weight excluding hydrogens is 283 g/mol. The number of hydrogen-bond donors (Lipinski definition) is 1. The van der Waals surface area contributed by atoms with Crippen LogP contribution >= 0.6 is 22.9 Å². The maximum Gasteiger partial charge on any atom is 0.326 e. The highest BCUT2D eigenvalue weighted by molar-refractivity contribution is 14.1. The van der Waals surface area contributed by atoms with Gasteiger partial charge in [0.25, 0.3) is 0 Å². The summed E-state index contributed by atoms with van der Waals surface area (Å²) in [4.78, 5) is 14.5. The van der Waals surface area contributed by atoms with E-state index in [0.29, 0.717) is 0 Å². The number of carboxylic acid groups (broad SMARTS) is 1. The standard InChI is InChI=1S/C8H9IN2O2/c1-6(8(12)13)11(9)7-2-4-10-5-3-7/h2-6H,1H3,(H,12,13). The molecule has 0 aliphatic heterocycles. The Labute approximate surface area is 90.1 Å². The molecule has 0 amide bonds. The molecule has 4 nitrogen and oxygen atoms in total. The average Bonchev–Trinajstić information content (AvgIpc) is 2.17. The number of hydrogen-bond acceptors (Lipinski definition) is 3. The van der Waals surface area contributed by atoms with E-state index in [0.717, 1.165) is 5.69 Å². The van der Waals surface area contributed by atoms with Gasteiger partial charge in [0.2, 0.25) is 0 Å². The minimum absolute atomic E-state index is 0.539. The van der Waals surface area contributed by atoms with E-state index >= 15 is 0 Å². The van der Waals surface area contributed by atoms with Gasteiger partial charge >= 0.3 is 5.97 Å². The SMILES string of the molecule is CC(C(=O)O)N(I)c1ccncc1. The number of halogens is 1. The van der Waals surface area contributed by atoms with E-state index in [1.807, 2.05) is 22.9 Å². The summed E-state index contributed by atoms with van der Waals surface area (Å²) in [6.07, 6.45) is 3.27. The van der Waals surface area contributed by atoms with Crippen LogP contribution in [0.25, 0.3) is 0 Å². The highest BCUT2D eigenvalue weighted by Crippen LogP contribution is 2.19. The molecule has 1 aromatic rings. The molecule has 1 aromatic heterocycles. The molecule has 1 rings (SSSR count). The van der Waals surface area contributed by atoms with E-state index in [1.165, 1.54) is 0 Å². The lowest BCUT2D eigenvalue weighted by Crippen LogP contribution is -2.31. The van der Waals surface area contributed by atoms with Crippen LogP contribution in [-0.2, 0) is 4.79 Å². The third-order valence-corrected chi connectivity index (χ3v) is 3.00. The topological polar surface area (TPSA) is 53.4 Å². The zero-order chi connectivity index (χ0) is 9.84. The second-order valence-electron chi connectivity index (χ2n) is 2.53. The van der Waals surface area contributed by atoms with Crippen LogP contribution in [0.3, 0.4) is 0 Å². The monoisotopic (exact) mass is 292 g/mol. The summed E-state index contributed by atoms with van der Waals surface area (Å²) in [6, 6.07) is 3.00. The van der Waals surface area contributed by atoms with E-state index in [2.05, 4.69) is 4.98 Å². The summed E-state index contributed by atoms with van der Waals surface area (Å²) in [6.45, 7) is 1.63. The van der Waals surface area contributed by atoms with Crippen molar-refractivity contribution in [2.24, 2.45) is 0 Å². The van der Waals surface area contributed by atoms with Crippen LogP contribution in [-0.4, -0.2) is 22.1 Å². The van der Waals surface area contributed by atoms with Crippen molar-refractivity contribution < 1.29 is 9.90 Å². The molecule has 0 bridgehead atoms. The molecule has 13 heavy (non-hydrogen) atoms. The maximum atomic E-state index is 10.7. The Bertz CT molecular complexity index is 291. The van der Waals surface area contributed by atoms with E-state index in [1.54, 1.807) is 34.6 Å². The number of aliphatic carboxylic acids is 1. The molecule has 0 fully saturated rings. The first-order valence-corrected chi connectivity index (χ1v) is 4.67. The van der Waals surface area contributed by atoms with E-state index < -0.39 is 12.0 Å². The predicted molar refractivity (Wildman–Crippen MR) is 57.8 cm³/mol. The molecule has 0 spiro atoms. The minimum Gasteiger partial charge on any atom is -0.480 e.